The highest BCUT2D eigenvalue weighted by molar-refractivity contribution is 5.88. The fourth-order valence-corrected chi connectivity index (χ4v) is 2.00. The lowest BCUT2D eigenvalue weighted by Gasteiger charge is -2.12. The van der Waals surface area contributed by atoms with E-state index in [4.69, 9.17) is 5.73 Å². The Morgan fingerprint density at radius 3 is 2.73 bits per heavy atom. The Bertz CT molecular complexity index is 681. The van der Waals surface area contributed by atoms with Crippen LogP contribution in [0.2, 0.25) is 0 Å². The Hall–Kier alpha value is -2.45. The van der Waals surface area contributed by atoms with Crippen molar-refractivity contribution >= 4 is 5.91 Å². The lowest BCUT2D eigenvalue weighted by atomic mass is 10.2. The van der Waals surface area contributed by atoms with Crippen molar-refractivity contribution in [1.82, 2.24) is 19.7 Å². The van der Waals surface area contributed by atoms with Crippen LogP contribution in [0.4, 0.5) is 13.2 Å². The minimum atomic E-state index is -4.56. The summed E-state index contributed by atoms with van der Waals surface area (Å²) >= 11 is 0. The molecule has 0 atom stereocenters. The van der Waals surface area contributed by atoms with Gasteiger partial charge in [0.25, 0.3) is 5.91 Å². The van der Waals surface area contributed by atoms with Crippen molar-refractivity contribution in [1.29, 1.82) is 0 Å². The van der Waals surface area contributed by atoms with E-state index in [1.54, 1.807) is 0 Å². The number of halogens is 3. The van der Waals surface area contributed by atoms with Gasteiger partial charge >= 0.3 is 6.18 Å². The molecule has 6 nitrogen and oxygen atoms in total. The first-order valence-corrected chi connectivity index (χ1v) is 6.57. The molecule has 22 heavy (non-hydrogen) atoms. The quantitative estimate of drug-likeness (QED) is 0.911. The van der Waals surface area contributed by atoms with Gasteiger partial charge < -0.3 is 5.73 Å². The molecule has 2 heterocycles. The summed E-state index contributed by atoms with van der Waals surface area (Å²) in [6, 6.07) is 2.73. The Kier molecular flexibility index (Phi) is 4.43. The zero-order valence-corrected chi connectivity index (χ0v) is 11.8. The highest BCUT2D eigenvalue weighted by atomic mass is 19.4. The second-order valence-corrected chi connectivity index (χ2v) is 4.63. The van der Waals surface area contributed by atoms with Gasteiger partial charge in [0.05, 0.1) is 6.54 Å². The van der Waals surface area contributed by atoms with Crippen LogP contribution in [0.15, 0.2) is 18.3 Å². The topological polar surface area (TPSA) is 86.7 Å². The van der Waals surface area contributed by atoms with Crippen LogP contribution in [-0.4, -0.2) is 25.7 Å². The minimum absolute atomic E-state index is 0.0479. The van der Waals surface area contributed by atoms with Crippen LogP contribution < -0.4 is 5.73 Å². The zero-order valence-electron chi connectivity index (χ0n) is 11.8. The molecule has 0 fully saturated rings. The highest BCUT2D eigenvalue weighted by Gasteiger charge is 2.35. The molecule has 2 aromatic rings. The number of hydrogen-bond acceptors (Lipinski definition) is 4. The number of primary amides is 1. The van der Waals surface area contributed by atoms with E-state index >= 15 is 0 Å². The molecule has 0 spiro atoms. The van der Waals surface area contributed by atoms with Crippen molar-refractivity contribution in [3.8, 4) is 0 Å². The minimum Gasteiger partial charge on any atom is -0.363 e. The van der Waals surface area contributed by atoms with Gasteiger partial charge in [0.2, 0.25) is 5.82 Å². The van der Waals surface area contributed by atoms with Crippen molar-refractivity contribution in [3.63, 3.8) is 0 Å². The number of aryl methyl sites for hydroxylation is 1. The maximum Gasteiger partial charge on any atom is 0.433 e. The highest BCUT2D eigenvalue weighted by Crippen LogP contribution is 2.30. The molecule has 1 amide bonds. The van der Waals surface area contributed by atoms with Crippen LogP contribution in [-0.2, 0) is 19.1 Å². The Morgan fingerprint density at radius 2 is 2.14 bits per heavy atom. The fourth-order valence-electron chi connectivity index (χ4n) is 2.00. The number of rotatable bonds is 5. The molecule has 0 aliphatic carbocycles. The molecule has 2 aromatic heterocycles. The van der Waals surface area contributed by atoms with E-state index in [9.17, 15) is 18.0 Å². The first kappa shape index (κ1) is 15.9. The summed E-state index contributed by atoms with van der Waals surface area (Å²) in [6.07, 6.45) is -2.30. The number of carbonyl (C=O) groups is 1. The molecule has 0 aliphatic heterocycles. The molecule has 0 saturated heterocycles. The Balaban J connectivity index is 2.41. The fraction of sp³-hybridized carbons (Fsp3) is 0.385. The summed E-state index contributed by atoms with van der Waals surface area (Å²) in [5.74, 6) is -0.618. The molecule has 0 unspecified atom stereocenters. The van der Waals surface area contributed by atoms with Crippen molar-refractivity contribution in [3.05, 3.63) is 41.2 Å². The molecule has 0 saturated carbocycles. The van der Waals surface area contributed by atoms with Crippen molar-refractivity contribution in [2.75, 3.05) is 0 Å². The smallest absolute Gasteiger partial charge is 0.363 e. The second kappa shape index (κ2) is 6.12. The first-order chi connectivity index (χ1) is 10.3. The van der Waals surface area contributed by atoms with Crippen LogP contribution >= 0.6 is 0 Å². The molecule has 0 aliphatic rings. The van der Waals surface area contributed by atoms with Gasteiger partial charge in [-0.3, -0.25) is 9.78 Å². The van der Waals surface area contributed by atoms with Crippen molar-refractivity contribution in [2.24, 2.45) is 5.73 Å². The zero-order chi connectivity index (χ0) is 16.3. The summed E-state index contributed by atoms with van der Waals surface area (Å²) in [4.78, 5) is 18.5. The van der Waals surface area contributed by atoms with E-state index in [0.717, 1.165) is 6.20 Å². The van der Waals surface area contributed by atoms with E-state index in [1.807, 2.05) is 6.92 Å². The number of pyridine rings is 1. The van der Waals surface area contributed by atoms with Crippen LogP contribution in [0.25, 0.3) is 0 Å². The van der Waals surface area contributed by atoms with Gasteiger partial charge in [-0.1, -0.05) is 13.0 Å². The van der Waals surface area contributed by atoms with Gasteiger partial charge in [-0.25, -0.2) is 9.67 Å². The average molecular weight is 313 g/mol. The lowest BCUT2D eigenvalue weighted by Crippen LogP contribution is -2.16. The maximum atomic E-state index is 13.0. The van der Waals surface area contributed by atoms with E-state index in [0.29, 0.717) is 18.7 Å². The molecule has 118 valence electrons. The number of nitrogens with zero attached hydrogens (tertiary/aromatic N) is 4. The third kappa shape index (κ3) is 3.41. The molecule has 2 rings (SSSR count). The number of nitrogens with two attached hydrogens (primary N) is 1. The Morgan fingerprint density at radius 1 is 1.41 bits per heavy atom. The summed E-state index contributed by atoms with van der Waals surface area (Å²) < 4.78 is 40.1. The third-order valence-electron chi connectivity index (χ3n) is 2.92. The normalized spacial score (nSPS) is 11.6. The molecular formula is C13H14F3N5O. The van der Waals surface area contributed by atoms with E-state index in [-0.39, 0.29) is 17.9 Å². The average Bonchev–Trinajstić information content (AvgIpc) is 2.82. The van der Waals surface area contributed by atoms with Crippen molar-refractivity contribution < 1.29 is 18.0 Å². The molecular weight excluding hydrogens is 299 g/mol. The summed E-state index contributed by atoms with van der Waals surface area (Å²) in [5, 5.41) is 3.88. The standard InChI is InChI=1S/C13H14F3N5O/c1-2-4-9-19-12(11(17)22)20-21(9)7-8-5-3-6-18-10(8)13(14,15)16/h3,5-6H,2,4,7H2,1H3,(H2,17,22). The largest absolute Gasteiger partial charge is 0.433 e. The van der Waals surface area contributed by atoms with Crippen LogP contribution in [0.5, 0.6) is 0 Å². The molecule has 0 bridgehead atoms. The lowest BCUT2D eigenvalue weighted by molar-refractivity contribution is -0.141. The predicted molar refractivity (Wildman–Crippen MR) is 70.9 cm³/mol. The molecule has 2 N–H and O–H groups in total. The van der Waals surface area contributed by atoms with E-state index < -0.39 is 17.8 Å². The van der Waals surface area contributed by atoms with E-state index in [2.05, 4.69) is 15.1 Å². The summed E-state index contributed by atoms with van der Waals surface area (Å²) in [6.45, 7) is 1.70. The van der Waals surface area contributed by atoms with Gasteiger partial charge in [-0.05, 0) is 12.5 Å². The number of carbonyl (C=O) groups excluding carboxylic acids is 1. The summed E-state index contributed by atoms with van der Waals surface area (Å²) in [5.41, 5.74) is 4.09. The Labute approximate surface area is 124 Å². The van der Waals surface area contributed by atoms with Gasteiger partial charge in [0, 0.05) is 18.2 Å². The van der Waals surface area contributed by atoms with E-state index in [1.165, 1.54) is 16.8 Å². The second-order valence-electron chi connectivity index (χ2n) is 4.63. The third-order valence-corrected chi connectivity index (χ3v) is 2.92. The van der Waals surface area contributed by atoms with Gasteiger partial charge in [-0.15, -0.1) is 5.10 Å². The number of amides is 1. The van der Waals surface area contributed by atoms with Gasteiger partial charge in [0.15, 0.2) is 0 Å². The van der Waals surface area contributed by atoms with Gasteiger partial charge in [0.1, 0.15) is 11.5 Å². The predicted octanol–water partition coefficient (Wildman–Crippen LogP) is 1.79. The number of alkyl halides is 3. The van der Waals surface area contributed by atoms with Crippen LogP contribution in [0, 0.1) is 0 Å². The molecule has 0 radical (unpaired) electrons. The monoisotopic (exact) mass is 313 g/mol. The maximum absolute atomic E-state index is 13.0. The number of hydrogen-bond donors (Lipinski definition) is 1. The molecule has 9 heteroatoms. The van der Waals surface area contributed by atoms with Crippen LogP contribution in [0.3, 0.4) is 0 Å². The van der Waals surface area contributed by atoms with Crippen LogP contribution in [0.1, 0.15) is 41.0 Å². The van der Waals surface area contributed by atoms with Crippen molar-refractivity contribution in [2.45, 2.75) is 32.5 Å². The number of aromatic nitrogens is 4. The SMILES string of the molecule is CCCc1nc(C(N)=O)nn1Cc1cccnc1C(F)(F)F. The van der Waals surface area contributed by atoms with Gasteiger partial charge in [-0.2, -0.15) is 13.2 Å². The summed E-state index contributed by atoms with van der Waals surface area (Å²) in [7, 11) is 0. The molecule has 0 aromatic carbocycles. The first-order valence-electron chi connectivity index (χ1n) is 6.57.